The molecule has 2 N–H and O–H groups in total. The molecule has 112 valence electrons. The monoisotopic (exact) mass is 304 g/mol. The molecule has 1 saturated carbocycles. The number of thioether (sulfide) groups is 1. The molecule has 2 atom stereocenters. The highest BCUT2D eigenvalue weighted by molar-refractivity contribution is 8.00. The van der Waals surface area contributed by atoms with Crippen molar-refractivity contribution in [1.29, 1.82) is 0 Å². The maximum Gasteiger partial charge on any atom is 0.251 e. The minimum Gasteiger partial charge on any atom is -0.349 e. The Morgan fingerprint density at radius 1 is 1.33 bits per heavy atom. The van der Waals surface area contributed by atoms with Crippen molar-refractivity contribution in [2.75, 3.05) is 11.1 Å². The van der Waals surface area contributed by atoms with Crippen molar-refractivity contribution in [3.63, 3.8) is 0 Å². The lowest BCUT2D eigenvalue weighted by Crippen LogP contribution is -2.41. The molecule has 0 aromatic heterocycles. The van der Waals surface area contributed by atoms with E-state index in [1.54, 1.807) is 6.07 Å². The van der Waals surface area contributed by atoms with Gasteiger partial charge < -0.3 is 10.6 Å². The number of anilines is 1. The van der Waals surface area contributed by atoms with Gasteiger partial charge in [-0.2, -0.15) is 0 Å². The van der Waals surface area contributed by atoms with Crippen molar-refractivity contribution in [1.82, 2.24) is 5.32 Å². The maximum absolute atomic E-state index is 12.4. The van der Waals surface area contributed by atoms with E-state index in [0.717, 1.165) is 17.0 Å². The van der Waals surface area contributed by atoms with Gasteiger partial charge in [-0.05, 0) is 37.0 Å². The van der Waals surface area contributed by atoms with Crippen LogP contribution in [0.4, 0.5) is 5.69 Å². The van der Waals surface area contributed by atoms with E-state index in [0.29, 0.717) is 17.2 Å². The number of carbonyl (C=O) groups is 2. The van der Waals surface area contributed by atoms with Crippen LogP contribution in [0.25, 0.3) is 0 Å². The number of nitrogens with one attached hydrogen (secondary N) is 2. The zero-order chi connectivity index (χ0) is 14.8. The molecule has 1 fully saturated rings. The van der Waals surface area contributed by atoms with E-state index in [-0.39, 0.29) is 17.9 Å². The molecule has 2 amide bonds. The first-order valence-corrected chi connectivity index (χ1v) is 8.49. The van der Waals surface area contributed by atoms with Crippen LogP contribution in [0, 0.1) is 5.92 Å². The van der Waals surface area contributed by atoms with Crippen LogP contribution in [0.5, 0.6) is 0 Å². The molecule has 1 aromatic rings. The van der Waals surface area contributed by atoms with Crippen LogP contribution in [0.3, 0.4) is 0 Å². The lowest BCUT2D eigenvalue weighted by molar-refractivity contribution is -0.113. The van der Waals surface area contributed by atoms with E-state index in [1.807, 2.05) is 12.1 Å². The van der Waals surface area contributed by atoms with Gasteiger partial charge in [0.2, 0.25) is 5.91 Å². The van der Waals surface area contributed by atoms with E-state index in [9.17, 15) is 9.59 Å². The topological polar surface area (TPSA) is 58.2 Å². The van der Waals surface area contributed by atoms with Crippen LogP contribution in [0.1, 0.15) is 43.0 Å². The number of benzene rings is 1. The molecule has 0 radical (unpaired) electrons. The number of hydrogen-bond acceptors (Lipinski definition) is 3. The largest absolute Gasteiger partial charge is 0.349 e. The maximum atomic E-state index is 12.4. The molecule has 1 aliphatic carbocycles. The summed E-state index contributed by atoms with van der Waals surface area (Å²) in [6, 6.07) is 5.80. The second-order valence-electron chi connectivity index (χ2n) is 5.89. The molecule has 0 saturated heterocycles. The predicted molar refractivity (Wildman–Crippen MR) is 84.7 cm³/mol. The quantitative estimate of drug-likeness (QED) is 0.883. The average molecular weight is 304 g/mol. The number of amides is 2. The molecular formula is C16H20N2O2S. The minimum atomic E-state index is -0.0404. The van der Waals surface area contributed by atoms with Crippen LogP contribution < -0.4 is 10.6 Å². The molecule has 3 rings (SSSR count). The predicted octanol–water partition coefficient (Wildman–Crippen LogP) is 3.04. The Morgan fingerprint density at radius 2 is 2.14 bits per heavy atom. The summed E-state index contributed by atoms with van der Waals surface area (Å²) in [5, 5.41) is 5.97. The molecule has 5 heteroatoms. The molecule has 2 aliphatic rings. The Kier molecular flexibility index (Phi) is 4.19. The summed E-state index contributed by atoms with van der Waals surface area (Å²) < 4.78 is 0. The molecule has 0 spiro atoms. The highest BCUT2D eigenvalue weighted by atomic mass is 32.2. The summed E-state index contributed by atoms with van der Waals surface area (Å²) in [6.45, 7) is 2.20. The Labute approximate surface area is 129 Å². The molecular weight excluding hydrogens is 284 g/mol. The zero-order valence-electron chi connectivity index (χ0n) is 12.1. The SMILES string of the molecule is C[C@@H]1CCCC[C@H]1NC(=O)c1ccc2c(c1)NC(=O)CS2. The van der Waals surface area contributed by atoms with Crippen LogP contribution in [-0.4, -0.2) is 23.6 Å². The van der Waals surface area contributed by atoms with Crippen LogP contribution in [0.15, 0.2) is 23.1 Å². The summed E-state index contributed by atoms with van der Waals surface area (Å²) in [7, 11) is 0. The second-order valence-corrected chi connectivity index (χ2v) is 6.91. The molecule has 0 unspecified atom stereocenters. The van der Waals surface area contributed by atoms with E-state index in [2.05, 4.69) is 17.6 Å². The fraction of sp³-hybridized carbons (Fsp3) is 0.500. The highest BCUT2D eigenvalue weighted by Gasteiger charge is 2.24. The van der Waals surface area contributed by atoms with Gasteiger partial charge in [0.05, 0.1) is 11.4 Å². The molecule has 1 aliphatic heterocycles. The average Bonchev–Trinajstić information content (AvgIpc) is 2.48. The summed E-state index contributed by atoms with van der Waals surface area (Å²) in [5.74, 6) is 0.931. The Bertz CT molecular complexity index is 573. The van der Waals surface area contributed by atoms with Gasteiger partial charge in [0.25, 0.3) is 5.91 Å². The van der Waals surface area contributed by atoms with E-state index < -0.39 is 0 Å². The van der Waals surface area contributed by atoms with Gasteiger partial charge in [-0.15, -0.1) is 11.8 Å². The highest BCUT2D eigenvalue weighted by Crippen LogP contribution is 2.32. The molecule has 21 heavy (non-hydrogen) atoms. The van der Waals surface area contributed by atoms with Crippen LogP contribution in [0.2, 0.25) is 0 Å². The van der Waals surface area contributed by atoms with Gasteiger partial charge in [-0.1, -0.05) is 19.8 Å². The van der Waals surface area contributed by atoms with Gasteiger partial charge in [0, 0.05) is 16.5 Å². The number of fused-ring (bicyclic) bond motifs is 1. The standard InChI is InChI=1S/C16H20N2O2S/c1-10-4-2-3-5-12(10)18-16(20)11-6-7-14-13(8-11)17-15(19)9-21-14/h6-8,10,12H,2-5,9H2,1H3,(H,17,19)(H,18,20)/t10-,12-/m1/s1. The summed E-state index contributed by atoms with van der Waals surface area (Å²) >= 11 is 1.51. The van der Waals surface area contributed by atoms with Gasteiger partial charge in [-0.3, -0.25) is 9.59 Å². The fourth-order valence-electron chi connectivity index (χ4n) is 3.01. The van der Waals surface area contributed by atoms with Gasteiger partial charge in [0.1, 0.15) is 0 Å². The van der Waals surface area contributed by atoms with Crippen molar-refractivity contribution in [3.8, 4) is 0 Å². The summed E-state index contributed by atoms with van der Waals surface area (Å²) in [6.07, 6.45) is 4.69. The third-order valence-corrected chi connectivity index (χ3v) is 5.38. The normalized spacial score (nSPS) is 24.9. The lowest BCUT2D eigenvalue weighted by atomic mass is 9.86. The number of rotatable bonds is 2. The van der Waals surface area contributed by atoms with E-state index in [4.69, 9.17) is 0 Å². The Hall–Kier alpha value is -1.49. The van der Waals surface area contributed by atoms with Crippen molar-refractivity contribution >= 4 is 29.3 Å². The fourth-order valence-corrected chi connectivity index (χ4v) is 3.80. The second kappa shape index (κ2) is 6.10. The number of carbonyl (C=O) groups excluding carboxylic acids is 2. The van der Waals surface area contributed by atoms with Gasteiger partial charge in [-0.25, -0.2) is 0 Å². The zero-order valence-corrected chi connectivity index (χ0v) is 13.0. The third kappa shape index (κ3) is 3.23. The Morgan fingerprint density at radius 3 is 2.95 bits per heavy atom. The summed E-state index contributed by atoms with van der Waals surface area (Å²) in [4.78, 5) is 24.9. The van der Waals surface area contributed by atoms with Crippen molar-refractivity contribution in [2.24, 2.45) is 5.92 Å². The van der Waals surface area contributed by atoms with Gasteiger partial charge in [0.15, 0.2) is 0 Å². The first-order chi connectivity index (χ1) is 10.1. The molecule has 1 heterocycles. The molecule has 4 nitrogen and oxygen atoms in total. The minimum absolute atomic E-state index is 0.00837. The van der Waals surface area contributed by atoms with Crippen molar-refractivity contribution in [2.45, 2.75) is 43.5 Å². The first kappa shape index (κ1) is 14.4. The smallest absolute Gasteiger partial charge is 0.251 e. The molecule has 0 bridgehead atoms. The Balaban J connectivity index is 1.72. The molecule has 1 aromatic carbocycles. The van der Waals surface area contributed by atoms with Crippen LogP contribution in [-0.2, 0) is 4.79 Å². The van der Waals surface area contributed by atoms with E-state index >= 15 is 0 Å². The number of hydrogen-bond donors (Lipinski definition) is 2. The van der Waals surface area contributed by atoms with Crippen molar-refractivity contribution < 1.29 is 9.59 Å². The summed E-state index contributed by atoms with van der Waals surface area (Å²) in [5.41, 5.74) is 1.37. The van der Waals surface area contributed by atoms with E-state index in [1.165, 1.54) is 31.0 Å². The lowest BCUT2D eigenvalue weighted by Gasteiger charge is -2.29. The van der Waals surface area contributed by atoms with Gasteiger partial charge >= 0.3 is 0 Å². The third-order valence-electron chi connectivity index (χ3n) is 4.30. The van der Waals surface area contributed by atoms with Crippen LogP contribution >= 0.6 is 11.8 Å². The first-order valence-electron chi connectivity index (χ1n) is 7.51. The van der Waals surface area contributed by atoms with Crippen molar-refractivity contribution in [3.05, 3.63) is 23.8 Å².